The number of carbonyl (C=O) groups is 1. The number of amides is 1. The molecule has 0 atom stereocenters. The summed E-state index contributed by atoms with van der Waals surface area (Å²) < 4.78 is 27.8. The van der Waals surface area contributed by atoms with E-state index in [2.05, 4.69) is 20.2 Å². The van der Waals surface area contributed by atoms with Crippen molar-refractivity contribution in [3.8, 4) is 0 Å². The van der Waals surface area contributed by atoms with Crippen LogP contribution in [0.15, 0.2) is 28.6 Å². The zero-order valence-electron chi connectivity index (χ0n) is 16.5. The Morgan fingerprint density at radius 2 is 1.81 bits per heavy atom. The molecule has 148 valence electrons. The van der Waals surface area contributed by atoms with Crippen LogP contribution in [-0.4, -0.2) is 30.1 Å². The number of rotatable bonds is 6. The maximum absolute atomic E-state index is 12.6. The van der Waals surface area contributed by atoms with Gasteiger partial charge >= 0.3 is 0 Å². The molecule has 0 spiro atoms. The minimum absolute atomic E-state index is 0.0416. The smallest absolute Gasteiger partial charge is 0.270 e. The predicted molar refractivity (Wildman–Crippen MR) is 108 cm³/mol. The van der Waals surface area contributed by atoms with E-state index in [0.29, 0.717) is 12.0 Å². The Morgan fingerprint density at radius 3 is 2.41 bits per heavy atom. The Morgan fingerprint density at radius 1 is 1.15 bits per heavy atom. The van der Waals surface area contributed by atoms with Crippen molar-refractivity contribution in [2.45, 2.75) is 57.8 Å². The van der Waals surface area contributed by atoms with Crippen LogP contribution < -0.4 is 10.0 Å². The van der Waals surface area contributed by atoms with Gasteiger partial charge in [0.2, 0.25) is 9.47 Å². The van der Waals surface area contributed by atoms with Crippen molar-refractivity contribution in [2.75, 3.05) is 5.32 Å². The van der Waals surface area contributed by atoms with Gasteiger partial charge in [0.1, 0.15) is 0 Å². The monoisotopic (exact) mass is 410 g/mol. The van der Waals surface area contributed by atoms with Crippen LogP contribution in [0.1, 0.15) is 57.0 Å². The van der Waals surface area contributed by atoms with Crippen LogP contribution in [0.5, 0.6) is 0 Å². The molecule has 2 N–H and O–H groups in total. The summed E-state index contributed by atoms with van der Waals surface area (Å²) >= 11 is 0.821. The molecule has 0 radical (unpaired) electrons. The van der Waals surface area contributed by atoms with Gasteiger partial charge in [-0.1, -0.05) is 49.8 Å². The average Bonchev–Trinajstić information content (AvgIpc) is 2.92. The lowest BCUT2D eigenvalue weighted by atomic mass is 9.82. The predicted octanol–water partition coefficient (Wildman–Crippen LogP) is 3.59. The van der Waals surface area contributed by atoms with Crippen LogP contribution in [0.25, 0.3) is 0 Å². The highest BCUT2D eigenvalue weighted by Crippen LogP contribution is 2.29. The lowest BCUT2D eigenvalue weighted by Crippen LogP contribution is -2.45. The Kier molecular flexibility index (Phi) is 6.08. The van der Waals surface area contributed by atoms with Gasteiger partial charge in [-0.05, 0) is 44.7 Å². The fourth-order valence-corrected chi connectivity index (χ4v) is 5.40. The molecule has 0 saturated heterocycles. The number of hydrogen-bond acceptors (Lipinski definition) is 6. The number of hydrogen-bond donors (Lipinski definition) is 2. The van der Waals surface area contributed by atoms with E-state index in [1.54, 1.807) is 18.2 Å². The Labute approximate surface area is 164 Å². The van der Waals surface area contributed by atoms with Crippen LogP contribution in [0.2, 0.25) is 0 Å². The summed E-state index contributed by atoms with van der Waals surface area (Å²) in [6, 6.07) is 7.08. The van der Waals surface area contributed by atoms with Crippen molar-refractivity contribution in [1.82, 2.24) is 14.9 Å². The van der Waals surface area contributed by atoms with E-state index >= 15 is 0 Å². The minimum Gasteiger partial charge on any atom is -0.296 e. The molecule has 0 saturated carbocycles. The number of nitrogens with zero attached hydrogens (tertiary/aromatic N) is 2. The summed E-state index contributed by atoms with van der Waals surface area (Å²) in [7, 11) is -3.83. The first-order valence-electron chi connectivity index (χ1n) is 8.53. The van der Waals surface area contributed by atoms with Gasteiger partial charge in [0.15, 0.2) is 0 Å². The van der Waals surface area contributed by atoms with E-state index in [-0.39, 0.29) is 20.8 Å². The van der Waals surface area contributed by atoms with Gasteiger partial charge < -0.3 is 0 Å². The molecule has 7 nitrogen and oxygen atoms in total. The van der Waals surface area contributed by atoms with E-state index in [1.807, 2.05) is 47.6 Å². The van der Waals surface area contributed by atoms with Crippen LogP contribution >= 0.6 is 11.3 Å². The fourth-order valence-electron chi connectivity index (χ4n) is 3.09. The summed E-state index contributed by atoms with van der Waals surface area (Å²) in [6.45, 7) is 11.7. The molecule has 1 heterocycles. The molecule has 0 bridgehead atoms. The SMILES string of the molecule is Cc1cccc(C(=O)Nc2nnc(S(=O)(=O)NC(C)(C)CC(C)(C)C)s2)c1. The molecule has 9 heteroatoms. The second-order valence-electron chi connectivity index (χ2n) is 8.42. The van der Waals surface area contributed by atoms with E-state index in [0.717, 1.165) is 16.9 Å². The lowest BCUT2D eigenvalue weighted by Gasteiger charge is -2.32. The van der Waals surface area contributed by atoms with Gasteiger partial charge in [0.05, 0.1) is 0 Å². The van der Waals surface area contributed by atoms with Crippen LogP contribution in [-0.2, 0) is 10.0 Å². The molecule has 0 fully saturated rings. The van der Waals surface area contributed by atoms with Crippen molar-refractivity contribution in [2.24, 2.45) is 5.41 Å². The van der Waals surface area contributed by atoms with Gasteiger partial charge in [-0.25, -0.2) is 13.1 Å². The first-order chi connectivity index (χ1) is 12.3. The summed E-state index contributed by atoms with van der Waals surface area (Å²) in [6.07, 6.45) is 0.648. The summed E-state index contributed by atoms with van der Waals surface area (Å²) in [5, 5.41) is 10.3. The zero-order valence-corrected chi connectivity index (χ0v) is 18.1. The standard InChI is InChI=1S/C18H26N4O3S2/c1-12-8-7-9-13(10-12)14(23)19-15-20-21-16(26-15)27(24,25)22-18(5,6)11-17(2,3)4/h7-10,22H,11H2,1-6H3,(H,19,20,23). The number of aromatic nitrogens is 2. The molecular formula is C18H26N4O3S2. The minimum atomic E-state index is -3.83. The maximum atomic E-state index is 12.6. The van der Waals surface area contributed by atoms with Crippen molar-refractivity contribution in [3.05, 3.63) is 35.4 Å². The Hall–Kier alpha value is -1.84. The molecule has 0 aliphatic heterocycles. The first-order valence-corrected chi connectivity index (χ1v) is 10.8. The highest BCUT2D eigenvalue weighted by atomic mass is 32.2. The number of carbonyl (C=O) groups excluding carboxylic acids is 1. The number of sulfonamides is 1. The third-order valence-corrected chi connectivity index (χ3v) is 6.42. The van der Waals surface area contributed by atoms with Crippen molar-refractivity contribution < 1.29 is 13.2 Å². The summed E-state index contributed by atoms with van der Waals surface area (Å²) in [5.74, 6) is -0.361. The van der Waals surface area contributed by atoms with E-state index in [9.17, 15) is 13.2 Å². The van der Waals surface area contributed by atoms with E-state index < -0.39 is 15.6 Å². The molecule has 1 amide bonds. The molecule has 1 aromatic heterocycles. The third kappa shape index (κ3) is 6.37. The quantitative estimate of drug-likeness (QED) is 0.709. The van der Waals surface area contributed by atoms with Gasteiger partial charge in [-0.3, -0.25) is 10.1 Å². The number of aryl methyl sites for hydroxylation is 1. The summed E-state index contributed by atoms with van der Waals surface area (Å²) in [5.41, 5.74) is 0.737. The molecule has 0 unspecified atom stereocenters. The molecule has 27 heavy (non-hydrogen) atoms. The van der Waals surface area contributed by atoms with Crippen LogP contribution in [0.4, 0.5) is 5.13 Å². The first kappa shape index (κ1) is 21.5. The number of anilines is 1. The molecule has 0 aliphatic carbocycles. The highest BCUT2D eigenvalue weighted by Gasteiger charge is 2.32. The molecule has 1 aromatic carbocycles. The van der Waals surface area contributed by atoms with Gasteiger partial charge in [0.25, 0.3) is 15.9 Å². The van der Waals surface area contributed by atoms with Crippen LogP contribution in [0, 0.1) is 12.3 Å². The molecular weight excluding hydrogens is 384 g/mol. The normalized spacial score (nSPS) is 12.8. The molecule has 0 aliphatic rings. The zero-order chi connectivity index (χ0) is 20.5. The van der Waals surface area contributed by atoms with Gasteiger partial charge in [-0.15, -0.1) is 10.2 Å². The lowest BCUT2D eigenvalue weighted by molar-refractivity contribution is 0.102. The second kappa shape index (κ2) is 7.65. The van der Waals surface area contributed by atoms with Gasteiger partial charge in [-0.2, -0.15) is 0 Å². The molecule has 2 rings (SSSR count). The number of benzene rings is 1. The maximum Gasteiger partial charge on any atom is 0.270 e. The highest BCUT2D eigenvalue weighted by molar-refractivity contribution is 7.91. The number of nitrogens with one attached hydrogen (secondary N) is 2. The fraction of sp³-hybridized carbons (Fsp3) is 0.500. The summed E-state index contributed by atoms with van der Waals surface area (Å²) in [4.78, 5) is 12.3. The van der Waals surface area contributed by atoms with Crippen molar-refractivity contribution in [3.63, 3.8) is 0 Å². The Bertz CT molecular complexity index is 928. The Balaban J connectivity index is 2.13. The van der Waals surface area contributed by atoms with Crippen molar-refractivity contribution >= 4 is 32.4 Å². The topological polar surface area (TPSA) is 101 Å². The van der Waals surface area contributed by atoms with Crippen LogP contribution in [0.3, 0.4) is 0 Å². The van der Waals surface area contributed by atoms with E-state index in [1.165, 1.54) is 0 Å². The van der Waals surface area contributed by atoms with E-state index in [4.69, 9.17) is 0 Å². The second-order valence-corrected chi connectivity index (χ2v) is 11.3. The average molecular weight is 411 g/mol. The van der Waals surface area contributed by atoms with Crippen molar-refractivity contribution in [1.29, 1.82) is 0 Å². The molecule has 2 aromatic rings. The largest absolute Gasteiger partial charge is 0.296 e. The van der Waals surface area contributed by atoms with Gasteiger partial charge in [0, 0.05) is 11.1 Å². The third-order valence-electron chi connectivity index (χ3n) is 3.52.